The first kappa shape index (κ1) is 17.7. The van der Waals surface area contributed by atoms with Crippen molar-refractivity contribution in [1.29, 1.82) is 0 Å². The van der Waals surface area contributed by atoms with Gasteiger partial charge in [0.15, 0.2) is 13.2 Å². The van der Waals surface area contributed by atoms with E-state index in [1.54, 1.807) is 23.6 Å². The second kappa shape index (κ2) is 8.26. The molecule has 7 heteroatoms. The van der Waals surface area contributed by atoms with Crippen LogP contribution >= 0.6 is 11.3 Å². The number of imide groups is 1. The summed E-state index contributed by atoms with van der Waals surface area (Å²) >= 11 is 1.21. The highest BCUT2D eigenvalue weighted by atomic mass is 32.1. The number of benzene rings is 1. The molecule has 0 saturated heterocycles. The van der Waals surface area contributed by atoms with E-state index in [2.05, 4.69) is 5.32 Å². The lowest BCUT2D eigenvalue weighted by Crippen LogP contribution is -2.34. The highest BCUT2D eigenvalue weighted by Crippen LogP contribution is 2.20. The fourth-order valence-corrected chi connectivity index (χ4v) is 2.46. The van der Waals surface area contributed by atoms with Gasteiger partial charge in [0, 0.05) is 0 Å². The molecule has 0 aliphatic heterocycles. The zero-order chi connectivity index (χ0) is 17.5. The predicted octanol–water partition coefficient (Wildman–Crippen LogP) is 2.24. The molecule has 0 bridgehead atoms. The van der Waals surface area contributed by atoms with Crippen LogP contribution < -0.4 is 10.1 Å². The van der Waals surface area contributed by atoms with Crippen molar-refractivity contribution in [1.82, 2.24) is 5.32 Å². The van der Waals surface area contributed by atoms with Crippen LogP contribution in [-0.2, 0) is 14.3 Å². The van der Waals surface area contributed by atoms with Crippen molar-refractivity contribution in [2.45, 2.75) is 13.8 Å². The first-order valence-corrected chi connectivity index (χ1v) is 8.07. The Bertz CT molecular complexity index is 739. The highest BCUT2D eigenvalue weighted by Gasteiger charge is 2.14. The Balaban J connectivity index is 1.74. The molecule has 0 atom stereocenters. The number of esters is 1. The minimum Gasteiger partial charge on any atom is -0.482 e. The number of ether oxygens (including phenoxy) is 2. The van der Waals surface area contributed by atoms with Gasteiger partial charge >= 0.3 is 5.97 Å². The van der Waals surface area contributed by atoms with Gasteiger partial charge in [-0.25, -0.2) is 4.79 Å². The van der Waals surface area contributed by atoms with Crippen molar-refractivity contribution in [2.24, 2.45) is 0 Å². The van der Waals surface area contributed by atoms with E-state index in [4.69, 9.17) is 9.47 Å². The molecule has 2 aromatic rings. The molecule has 2 amide bonds. The maximum absolute atomic E-state index is 11.7. The standard InChI is InChI=1S/C17H17NO5S/c1-11-5-3-6-13(12(11)2)22-10-16(20)23-9-15(19)18-17(21)14-7-4-8-24-14/h3-8H,9-10H2,1-2H3,(H,18,19,21). The van der Waals surface area contributed by atoms with Crippen LogP contribution in [0.4, 0.5) is 0 Å². The minimum atomic E-state index is -0.687. The normalized spacial score (nSPS) is 10.1. The summed E-state index contributed by atoms with van der Waals surface area (Å²) in [6, 6.07) is 8.82. The lowest BCUT2D eigenvalue weighted by molar-refractivity contribution is -0.150. The number of hydrogen-bond donors (Lipinski definition) is 1. The predicted molar refractivity (Wildman–Crippen MR) is 89.2 cm³/mol. The van der Waals surface area contributed by atoms with Crippen LogP contribution in [0.2, 0.25) is 0 Å². The molecule has 6 nitrogen and oxygen atoms in total. The van der Waals surface area contributed by atoms with Gasteiger partial charge in [-0.3, -0.25) is 14.9 Å². The van der Waals surface area contributed by atoms with Gasteiger partial charge in [-0.1, -0.05) is 18.2 Å². The second-order valence-corrected chi connectivity index (χ2v) is 5.95. The number of nitrogens with one attached hydrogen (secondary N) is 1. The van der Waals surface area contributed by atoms with Crippen LogP contribution in [0.1, 0.15) is 20.8 Å². The van der Waals surface area contributed by atoms with Crippen molar-refractivity contribution >= 4 is 29.1 Å². The van der Waals surface area contributed by atoms with E-state index >= 15 is 0 Å². The molecule has 1 heterocycles. The molecule has 0 spiro atoms. The Morgan fingerprint density at radius 3 is 2.58 bits per heavy atom. The SMILES string of the molecule is Cc1cccc(OCC(=O)OCC(=O)NC(=O)c2cccs2)c1C. The first-order chi connectivity index (χ1) is 11.5. The summed E-state index contributed by atoms with van der Waals surface area (Å²) in [6.45, 7) is 2.98. The average Bonchev–Trinajstić information content (AvgIpc) is 3.09. The smallest absolute Gasteiger partial charge is 0.344 e. The molecule has 1 aromatic heterocycles. The summed E-state index contributed by atoms with van der Waals surface area (Å²) in [6.07, 6.45) is 0. The van der Waals surface area contributed by atoms with E-state index < -0.39 is 24.4 Å². The molecule has 0 fully saturated rings. The van der Waals surface area contributed by atoms with E-state index in [0.717, 1.165) is 11.1 Å². The number of amides is 2. The molecule has 24 heavy (non-hydrogen) atoms. The van der Waals surface area contributed by atoms with Crippen molar-refractivity contribution in [3.8, 4) is 5.75 Å². The van der Waals surface area contributed by atoms with Crippen LogP contribution in [-0.4, -0.2) is 31.0 Å². The van der Waals surface area contributed by atoms with Gasteiger partial charge in [-0.15, -0.1) is 11.3 Å². The van der Waals surface area contributed by atoms with E-state index in [9.17, 15) is 14.4 Å². The van der Waals surface area contributed by atoms with Crippen molar-refractivity contribution in [2.75, 3.05) is 13.2 Å². The topological polar surface area (TPSA) is 81.7 Å². The fraction of sp³-hybridized carbons (Fsp3) is 0.235. The third-order valence-electron chi connectivity index (χ3n) is 3.26. The molecule has 126 valence electrons. The second-order valence-electron chi connectivity index (χ2n) is 5.00. The van der Waals surface area contributed by atoms with Crippen LogP contribution in [0.25, 0.3) is 0 Å². The van der Waals surface area contributed by atoms with E-state index in [-0.39, 0.29) is 6.61 Å². The van der Waals surface area contributed by atoms with Crippen LogP contribution in [0.3, 0.4) is 0 Å². The molecular formula is C17H17NO5S. The largest absolute Gasteiger partial charge is 0.482 e. The molecule has 0 aliphatic carbocycles. The van der Waals surface area contributed by atoms with Gasteiger partial charge in [0.05, 0.1) is 4.88 Å². The van der Waals surface area contributed by atoms with Gasteiger partial charge in [0.1, 0.15) is 5.75 Å². The van der Waals surface area contributed by atoms with Crippen molar-refractivity contribution in [3.63, 3.8) is 0 Å². The molecule has 1 N–H and O–H groups in total. The summed E-state index contributed by atoms with van der Waals surface area (Å²) in [7, 11) is 0. The molecule has 0 radical (unpaired) electrons. The quantitative estimate of drug-likeness (QED) is 0.811. The lowest BCUT2D eigenvalue weighted by atomic mass is 10.1. The lowest BCUT2D eigenvalue weighted by Gasteiger charge is -2.10. The third kappa shape index (κ3) is 4.92. The first-order valence-electron chi connectivity index (χ1n) is 7.19. The summed E-state index contributed by atoms with van der Waals surface area (Å²) in [5.41, 5.74) is 1.98. The number of hydrogen-bond acceptors (Lipinski definition) is 6. The minimum absolute atomic E-state index is 0.309. The van der Waals surface area contributed by atoms with Gasteiger partial charge in [0.2, 0.25) is 0 Å². The van der Waals surface area contributed by atoms with Crippen LogP contribution in [0.5, 0.6) is 5.75 Å². The fourth-order valence-electron chi connectivity index (χ4n) is 1.84. The Morgan fingerprint density at radius 1 is 1.08 bits per heavy atom. The summed E-state index contributed by atoms with van der Waals surface area (Å²) in [4.78, 5) is 35.3. The number of aryl methyl sites for hydroxylation is 1. The van der Waals surface area contributed by atoms with Crippen LogP contribution in [0.15, 0.2) is 35.7 Å². The molecule has 2 rings (SSSR count). The zero-order valence-electron chi connectivity index (χ0n) is 13.3. The molecule has 0 unspecified atom stereocenters. The summed E-state index contributed by atoms with van der Waals surface area (Å²) in [5, 5.41) is 3.87. The summed E-state index contributed by atoms with van der Waals surface area (Å²) in [5.74, 6) is -1.30. The van der Waals surface area contributed by atoms with Crippen molar-refractivity contribution in [3.05, 3.63) is 51.7 Å². The van der Waals surface area contributed by atoms with Gasteiger partial charge in [-0.2, -0.15) is 0 Å². The Kier molecular flexibility index (Phi) is 6.08. The number of carbonyl (C=O) groups is 3. The molecule has 1 aromatic carbocycles. The van der Waals surface area contributed by atoms with E-state index in [1.165, 1.54) is 11.3 Å². The Morgan fingerprint density at radius 2 is 1.88 bits per heavy atom. The molecule has 0 saturated carbocycles. The molecule has 0 aliphatic rings. The van der Waals surface area contributed by atoms with Crippen LogP contribution in [0, 0.1) is 13.8 Å². The Hall–Kier alpha value is -2.67. The average molecular weight is 347 g/mol. The number of rotatable bonds is 6. The van der Waals surface area contributed by atoms with Gasteiger partial charge < -0.3 is 9.47 Å². The number of thiophene rings is 1. The summed E-state index contributed by atoms with van der Waals surface area (Å²) < 4.78 is 10.2. The molecular weight excluding hydrogens is 330 g/mol. The van der Waals surface area contributed by atoms with Gasteiger partial charge in [-0.05, 0) is 42.5 Å². The zero-order valence-corrected chi connectivity index (χ0v) is 14.1. The monoisotopic (exact) mass is 347 g/mol. The highest BCUT2D eigenvalue weighted by molar-refractivity contribution is 7.12. The third-order valence-corrected chi connectivity index (χ3v) is 4.13. The van der Waals surface area contributed by atoms with E-state index in [0.29, 0.717) is 10.6 Å². The Labute approximate surface area is 143 Å². The maximum atomic E-state index is 11.7. The van der Waals surface area contributed by atoms with Crippen molar-refractivity contribution < 1.29 is 23.9 Å². The maximum Gasteiger partial charge on any atom is 0.344 e. The number of carbonyl (C=O) groups excluding carboxylic acids is 3. The van der Waals surface area contributed by atoms with E-state index in [1.807, 2.05) is 26.0 Å². The van der Waals surface area contributed by atoms with Gasteiger partial charge in [0.25, 0.3) is 11.8 Å².